The molecule has 2 aliphatic rings. The van der Waals surface area contributed by atoms with Crippen LogP contribution in [0.3, 0.4) is 0 Å². The van der Waals surface area contributed by atoms with Crippen LogP contribution < -0.4 is 21.3 Å². The Hall–Kier alpha value is -4.63. The SMILES string of the molecule is Fc1ccc2ccc3c(N4c5ccccc5B5c6ccccc6-c6cccc4c65)ccc4ccc1c2c43. The normalized spacial score (nSPS) is 13.4. The van der Waals surface area contributed by atoms with E-state index in [0.717, 1.165) is 32.6 Å². The predicted octanol–water partition coefficient (Wildman–Crippen LogP) is 7.00. The highest BCUT2D eigenvalue weighted by atomic mass is 19.1. The summed E-state index contributed by atoms with van der Waals surface area (Å²) >= 11 is 0. The fraction of sp³-hybridized carbons (Fsp3) is 0. The van der Waals surface area contributed by atoms with E-state index in [1.54, 1.807) is 6.07 Å². The lowest BCUT2D eigenvalue weighted by Crippen LogP contribution is -2.54. The van der Waals surface area contributed by atoms with Crippen LogP contribution in [0.4, 0.5) is 21.5 Å². The summed E-state index contributed by atoms with van der Waals surface area (Å²) in [5, 5.41) is 6.16. The highest BCUT2D eigenvalue weighted by molar-refractivity contribution is 7.01. The summed E-state index contributed by atoms with van der Waals surface area (Å²) in [6.45, 7) is 0.226. The number of fused-ring (bicyclic) bond motifs is 5. The highest BCUT2D eigenvalue weighted by Crippen LogP contribution is 2.45. The molecule has 37 heavy (non-hydrogen) atoms. The van der Waals surface area contributed by atoms with Gasteiger partial charge in [0.15, 0.2) is 0 Å². The number of hydrogen-bond donors (Lipinski definition) is 0. The van der Waals surface area contributed by atoms with E-state index >= 15 is 0 Å². The monoisotopic (exact) mass is 471 g/mol. The molecule has 0 aromatic heterocycles. The molecule has 1 nitrogen and oxygen atoms in total. The van der Waals surface area contributed by atoms with Gasteiger partial charge in [-0.3, -0.25) is 0 Å². The van der Waals surface area contributed by atoms with Crippen molar-refractivity contribution in [2.75, 3.05) is 4.90 Å². The molecule has 2 heterocycles. The summed E-state index contributed by atoms with van der Waals surface area (Å²) in [6, 6.07) is 40.5. The third-order valence-electron chi connectivity index (χ3n) is 8.49. The van der Waals surface area contributed by atoms with Crippen molar-refractivity contribution in [2.24, 2.45) is 0 Å². The van der Waals surface area contributed by atoms with Gasteiger partial charge in [0.2, 0.25) is 6.71 Å². The van der Waals surface area contributed by atoms with Crippen LogP contribution in [0.1, 0.15) is 0 Å². The van der Waals surface area contributed by atoms with Gasteiger partial charge in [0.25, 0.3) is 0 Å². The fourth-order valence-corrected chi connectivity index (χ4v) is 7.03. The van der Waals surface area contributed by atoms with Crippen molar-refractivity contribution in [2.45, 2.75) is 0 Å². The molecule has 0 unspecified atom stereocenters. The molecule has 2 aliphatic heterocycles. The van der Waals surface area contributed by atoms with E-state index in [-0.39, 0.29) is 12.5 Å². The molecule has 0 N–H and O–H groups in total. The first-order valence-corrected chi connectivity index (χ1v) is 12.8. The molecule has 0 spiro atoms. The second kappa shape index (κ2) is 6.77. The van der Waals surface area contributed by atoms with E-state index in [2.05, 4.69) is 95.9 Å². The van der Waals surface area contributed by atoms with Gasteiger partial charge in [0.05, 0.1) is 5.69 Å². The van der Waals surface area contributed by atoms with Gasteiger partial charge in [0.1, 0.15) is 5.82 Å². The van der Waals surface area contributed by atoms with Crippen LogP contribution in [0, 0.1) is 5.82 Å². The van der Waals surface area contributed by atoms with Crippen LogP contribution in [-0.2, 0) is 0 Å². The van der Waals surface area contributed by atoms with Crippen LogP contribution in [-0.4, -0.2) is 6.71 Å². The third-order valence-corrected chi connectivity index (χ3v) is 8.49. The minimum atomic E-state index is -0.169. The quantitative estimate of drug-likeness (QED) is 0.184. The number of halogens is 1. The lowest BCUT2D eigenvalue weighted by atomic mass is 9.37. The van der Waals surface area contributed by atoms with Gasteiger partial charge in [-0.25, -0.2) is 4.39 Å². The minimum absolute atomic E-state index is 0.169. The molecule has 0 fully saturated rings. The van der Waals surface area contributed by atoms with Crippen molar-refractivity contribution in [3.05, 3.63) is 121 Å². The molecule has 0 saturated carbocycles. The first-order chi connectivity index (χ1) is 18.3. The number of nitrogens with zero attached hydrogens (tertiary/aromatic N) is 1. The van der Waals surface area contributed by atoms with Gasteiger partial charge in [-0.15, -0.1) is 0 Å². The molecule has 0 atom stereocenters. The fourth-order valence-electron chi connectivity index (χ4n) is 7.03. The number of rotatable bonds is 1. The molecule has 0 radical (unpaired) electrons. The van der Waals surface area contributed by atoms with Crippen molar-refractivity contribution < 1.29 is 4.39 Å². The lowest BCUT2D eigenvalue weighted by Gasteiger charge is -2.36. The highest BCUT2D eigenvalue weighted by Gasteiger charge is 2.42. The van der Waals surface area contributed by atoms with Gasteiger partial charge in [0, 0.05) is 27.5 Å². The van der Waals surface area contributed by atoms with Crippen LogP contribution in [0.15, 0.2) is 115 Å². The first-order valence-electron chi connectivity index (χ1n) is 12.8. The van der Waals surface area contributed by atoms with Crippen molar-refractivity contribution in [3.8, 4) is 11.1 Å². The molecule has 7 aromatic carbocycles. The zero-order valence-corrected chi connectivity index (χ0v) is 19.9. The van der Waals surface area contributed by atoms with Crippen molar-refractivity contribution >= 4 is 72.5 Å². The Kier molecular flexibility index (Phi) is 3.58. The van der Waals surface area contributed by atoms with Gasteiger partial charge in [-0.1, -0.05) is 96.5 Å². The second-order valence-electron chi connectivity index (χ2n) is 10.2. The average molecular weight is 471 g/mol. The molecular weight excluding hydrogens is 452 g/mol. The topological polar surface area (TPSA) is 3.24 Å². The van der Waals surface area contributed by atoms with Gasteiger partial charge >= 0.3 is 0 Å². The molecule has 0 amide bonds. The lowest BCUT2D eigenvalue weighted by molar-refractivity contribution is 0.640. The van der Waals surface area contributed by atoms with Gasteiger partial charge < -0.3 is 4.90 Å². The van der Waals surface area contributed by atoms with E-state index in [1.165, 1.54) is 38.9 Å². The minimum Gasteiger partial charge on any atom is -0.311 e. The first kappa shape index (κ1) is 19.6. The average Bonchev–Trinajstić information content (AvgIpc) is 3.29. The van der Waals surface area contributed by atoms with Gasteiger partial charge in [-0.2, -0.15) is 0 Å². The van der Waals surface area contributed by atoms with E-state index in [0.29, 0.717) is 5.39 Å². The molecule has 0 aliphatic carbocycles. The van der Waals surface area contributed by atoms with Crippen molar-refractivity contribution in [1.29, 1.82) is 0 Å². The largest absolute Gasteiger partial charge is 0.311 e. The summed E-state index contributed by atoms with van der Waals surface area (Å²) < 4.78 is 14.9. The zero-order valence-electron chi connectivity index (χ0n) is 19.9. The summed E-state index contributed by atoms with van der Waals surface area (Å²) in [5.41, 5.74) is 10.3. The summed E-state index contributed by atoms with van der Waals surface area (Å²) in [5.74, 6) is -0.169. The van der Waals surface area contributed by atoms with E-state index in [9.17, 15) is 4.39 Å². The van der Waals surface area contributed by atoms with E-state index in [4.69, 9.17) is 0 Å². The summed E-state index contributed by atoms with van der Waals surface area (Å²) in [7, 11) is 0. The van der Waals surface area contributed by atoms with Crippen LogP contribution >= 0.6 is 0 Å². The zero-order chi connectivity index (χ0) is 24.2. The maximum atomic E-state index is 14.9. The molecular formula is C34H19BFN. The summed E-state index contributed by atoms with van der Waals surface area (Å²) in [6.07, 6.45) is 0. The van der Waals surface area contributed by atoms with Crippen LogP contribution in [0.5, 0.6) is 0 Å². The van der Waals surface area contributed by atoms with Crippen molar-refractivity contribution in [3.63, 3.8) is 0 Å². The number of anilines is 3. The Morgan fingerprint density at radius 3 is 2.03 bits per heavy atom. The summed E-state index contributed by atoms with van der Waals surface area (Å²) in [4.78, 5) is 2.43. The number of benzene rings is 7. The van der Waals surface area contributed by atoms with E-state index < -0.39 is 0 Å². The Morgan fingerprint density at radius 2 is 1.14 bits per heavy atom. The molecule has 0 saturated heterocycles. The van der Waals surface area contributed by atoms with Crippen LogP contribution in [0.25, 0.3) is 43.4 Å². The standard InChI is InChI=1S/C34H19BFN/c36-28-18-14-20-13-17-25-29(19-15-21-12-16-24(28)32(20)33(21)25)37-30-10-4-3-9-27(30)35-26-8-2-1-6-22(26)23-7-5-11-31(37)34(23)35/h1-19H. The Bertz CT molecular complexity index is 2080. The van der Waals surface area contributed by atoms with Crippen molar-refractivity contribution in [1.82, 2.24) is 0 Å². The molecule has 3 heteroatoms. The molecule has 0 bridgehead atoms. The maximum absolute atomic E-state index is 14.9. The Morgan fingerprint density at radius 1 is 0.486 bits per heavy atom. The third kappa shape index (κ3) is 2.35. The Labute approximate surface area is 213 Å². The van der Waals surface area contributed by atoms with E-state index in [1.807, 2.05) is 18.2 Å². The smallest absolute Gasteiger partial charge is 0.248 e. The van der Waals surface area contributed by atoms with Gasteiger partial charge in [-0.05, 0) is 62.5 Å². The number of para-hydroxylation sites is 1. The Balaban J connectivity index is 1.41. The predicted molar refractivity (Wildman–Crippen MR) is 155 cm³/mol. The molecule has 170 valence electrons. The maximum Gasteiger partial charge on any atom is 0.248 e. The molecule has 7 aromatic rings. The molecule has 9 rings (SSSR count). The van der Waals surface area contributed by atoms with Crippen LogP contribution in [0.2, 0.25) is 0 Å². The number of hydrogen-bond acceptors (Lipinski definition) is 1. The second-order valence-corrected chi connectivity index (χ2v) is 10.2.